The van der Waals surface area contributed by atoms with Gasteiger partial charge in [-0.1, -0.05) is 6.07 Å². The molecule has 0 saturated heterocycles. The van der Waals surface area contributed by atoms with Crippen molar-refractivity contribution in [2.24, 2.45) is 0 Å². The van der Waals surface area contributed by atoms with Crippen LogP contribution in [0.25, 0.3) is 0 Å². The minimum Gasteiger partial charge on any atom is -0.455 e. The molecular weight excluding hydrogens is 322 g/mol. The molecule has 1 aromatic carbocycles. The van der Waals surface area contributed by atoms with Gasteiger partial charge in [0.1, 0.15) is 6.54 Å². The molecule has 23 heavy (non-hydrogen) atoms. The van der Waals surface area contributed by atoms with Gasteiger partial charge in [-0.25, -0.2) is 8.42 Å². The van der Waals surface area contributed by atoms with E-state index in [4.69, 9.17) is 9.15 Å². The summed E-state index contributed by atoms with van der Waals surface area (Å²) in [6.45, 7) is 4.62. The summed E-state index contributed by atoms with van der Waals surface area (Å²) in [5.74, 6) is -0.243. The van der Waals surface area contributed by atoms with Crippen LogP contribution in [0, 0.1) is 20.8 Å². The van der Waals surface area contributed by atoms with Crippen LogP contribution in [-0.2, 0) is 26.2 Å². The molecule has 2 rings (SSSR count). The Morgan fingerprint density at radius 2 is 1.96 bits per heavy atom. The average molecular weight is 339 g/mol. The molecule has 0 aliphatic carbocycles. The molecule has 2 aromatic rings. The molecule has 1 aromatic heterocycles. The van der Waals surface area contributed by atoms with Crippen molar-refractivity contribution < 1.29 is 22.4 Å². The maximum atomic E-state index is 12.1. The Morgan fingerprint density at radius 1 is 1.22 bits per heavy atom. The second-order valence-electron chi connectivity index (χ2n) is 4.95. The van der Waals surface area contributed by atoms with Crippen LogP contribution in [0.3, 0.4) is 0 Å². The number of aromatic nitrogens is 2. The van der Waals surface area contributed by atoms with E-state index in [2.05, 4.69) is 14.9 Å². The summed E-state index contributed by atoms with van der Waals surface area (Å²) in [5.41, 5.74) is 1.83. The predicted octanol–water partition coefficient (Wildman–Crippen LogP) is 1.02. The normalized spacial score (nSPS) is 11.4. The van der Waals surface area contributed by atoms with Crippen molar-refractivity contribution in [2.75, 3.05) is 6.54 Å². The largest absolute Gasteiger partial charge is 0.455 e. The quantitative estimate of drug-likeness (QED) is 0.782. The smallest absolute Gasteiger partial charge is 0.321 e. The third-order valence-corrected chi connectivity index (χ3v) is 4.52. The van der Waals surface area contributed by atoms with E-state index >= 15 is 0 Å². The first-order valence-electron chi connectivity index (χ1n) is 6.79. The highest BCUT2D eigenvalue weighted by Crippen LogP contribution is 2.14. The van der Waals surface area contributed by atoms with Crippen LogP contribution in [0.4, 0.5) is 0 Å². The van der Waals surface area contributed by atoms with Gasteiger partial charge in [0, 0.05) is 6.92 Å². The molecular formula is C14H17N3O5S. The molecule has 0 spiro atoms. The van der Waals surface area contributed by atoms with Crippen molar-refractivity contribution in [3.63, 3.8) is 0 Å². The lowest BCUT2D eigenvalue weighted by Crippen LogP contribution is -2.30. The average Bonchev–Trinajstić information content (AvgIpc) is 2.91. The first kappa shape index (κ1) is 17.1. The van der Waals surface area contributed by atoms with Crippen LogP contribution >= 0.6 is 0 Å². The monoisotopic (exact) mass is 339 g/mol. The minimum absolute atomic E-state index is 0.0981. The SMILES string of the molecule is Cc1nnc(COC(=O)CNS(=O)(=O)c2ccc(C)c(C)c2)o1. The number of aryl methyl sites for hydroxylation is 3. The zero-order valence-electron chi connectivity index (χ0n) is 13.0. The summed E-state index contributed by atoms with van der Waals surface area (Å²) in [5, 5.41) is 7.24. The molecule has 124 valence electrons. The number of hydrogen-bond acceptors (Lipinski definition) is 7. The fourth-order valence-corrected chi connectivity index (χ4v) is 2.76. The number of carbonyl (C=O) groups excluding carboxylic acids is 1. The van der Waals surface area contributed by atoms with Crippen LogP contribution < -0.4 is 4.72 Å². The number of sulfonamides is 1. The molecule has 0 saturated carbocycles. The highest BCUT2D eigenvalue weighted by atomic mass is 32.2. The fourth-order valence-electron chi connectivity index (χ4n) is 1.71. The van der Waals surface area contributed by atoms with Crippen molar-refractivity contribution in [3.05, 3.63) is 41.1 Å². The van der Waals surface area contributed by atoms with Crippen LogP contribution in [0.1, 0.15) is 22.9 Å². The first-order valence-corrected chi connectivity index (χ1v) is 8.28. The Hall–Kier alpha value is -2.26. The van der Waals surface area contributed by atoms with Crippen LogP contribution in [0.5, 0.6) is 0 Å². The van der Waals surface area contributed by atoms with Crippen molar-refractivity contribution in [3.8, 4) is 0 Å². The maximum Gasteiger partial charge on any atom is 0.321 e. The molecule has 0 amide bonds. The molecule has 0 aliphatic heterocycles. The third kappa shape index (κ3) is 4.60. The van der Waals surface area contributed by atoms with E-state index in [1.54, 1.807) is 19.1 Å². The molecule has 0 atom stereocenters. The summed E-state index contributed by atoms with van der Waals surface area (Å²) in [7, 11) is -3.78. The van der Waals surface area contributed by atoms with E-state index in [-0.39, 0.29) is 17.4 Å². The van der Waals surface area contributed by atoms with Gasteiger partial charge in [-0.15, -0.1) is 10.2 Å². The molecule has 1 heterocycles. The minimum atomic E-state index is -3.78. The van der Waals surface area contributed by atoms with E-state index in [0.717, 1.165) is 11.1 Å². The Bertz CT molecular complexity index is 814. The van der Waals surface area contributed by atoms with E-state index in [9.17, 15) is 13.2 Å². The van der Waals surface area contributed by atoms with Crippen LogP contribution in [0.2, 0.25) is 0 Å². The Balaban J connectivity index is 1.90. The van der Waals surface area contributed by atoms with Gasteiger partial charge < -0.3 is 9.15 Å². The van der Waals surface area contributed by atoms with Crippen LogP contribution in [0.15, 0.2) is 27.5 Å². The number of rotatable bonds is 6. The van der Waals surface area contributed by atoms with Gasteiger partial charge >= 0.3 is 5.97 Å². The highest BCUT2D eigenvalue weighted by molar-refractivity contribution is 7.89. The summed E-state index contributed by atoms with van der Waals surface area (Å²) < 4.78 is 36.3. The zero-order chi connectivity index (χ0) is 17.0. The second-order valence-corrected chi connectivity index (χ2v) is 6.71. The number of esters is 1. The van der Waals surface area contributed by atoms with Crippen molar-refractivity contribution in [1.82, 2.24) is 14.9 Å². The summed E-state index contributed by atoms with van der Waals surface area (Å²) >= 11 is 0. The number of benzene rings is 1. The topological polar surface area (TPSA) is 111 Å². The molecule has 0 aliphatic rings. The van der Waals surface area contributed by atoms with Gasteiger partial charge in [0.25, 0.3) is 5.89 Å². The van der Waals surface area contributed by atoms with Crippen molar-refractivity contribution in [2.45, 2.75) is 32.3 Å². The lowest BCUT2D eigenvalue weighted by Gasteiger charge is -2.08. The number of ether oxygens (including phenoxy) is 1. The van der Waals surface area contributed by atoms with Gasteiger partial charge in [0.05, 0.1) is 4.90 Å². The fraction of sp³-hybridized carbons (Fsp3) is 0.357. The summed E-state index contributed by atoms with van der Waals surface area (Å²) in [4.78, 5) is 11.7. The zero-order valence-corrected chi connectivity index (χ0v) is 13.8. The highest BCUT2D eigenvalue weighted by Gasteiger charge is 2.17. The standard InChI is InChI=1S/C14H17N3O5S/c1-9-4-5-12(6-10(9)2)23(19,20)15-7-14(18)21-8-13-17-16-11(3)22-13/h4-6,15H,7-8H2,1-3H3. The molecule has 0 fully saturated rings. The van der Waals surface area contributed by atoms with Gasteiger partial charge in [-0.05, 0) is 37.1 Å². The number of carbonyl (C=O) groups is 1. The number of nitrogens with zero attached hydrogens (tertiary/aromatic N) is 2. The first-order chi connectivity index (χ1) is 10.8. The van der Waals surface area contributed by atoms with Gasteiger partial charge in [0.15, 0.2) is 6.61 Å². The lowest BCUT2D eigenvalue weighted by molar-refractivity contribution is -0.144. The van der Waals surface area contributed by atoms with Gasteiger partial charge in [-0.3, -0.25) is 4.79 Å². The van der Waals surface area contributed by atoms with E-state index in [1.807, 2.05) is 13.8 Å². The molecule has 1 N–H and O–H groups in total. The Labute approximate surface area is 133 Å². The molecule has 0 unspecified atom stereocenters. The third-order valence-electron chi connectivity index (χ3n) is 3.12. The number of hydrogen-bond donors (Lipinski definition) is 1. The molecule has 0 radical (unpaired) electrons. The summed E-state index contributed by atoms with van der Waals surface area (Å²) in [6.07, 6.45) is 0. The predicted molar refractivity (Wildman–Crippen MR) is 79.9 cm³/mol. The van der Waals surface area contributed by atoms with Crippen molar-refractivity contribution >= 4 is 16.0 Å². The maximum absolute atomic E-state index is 12.1. The van der Waals surface area contributed by atoms with Gasteiger partial charge in [0.2, 0.25) is 15.9 Å². The van der Waals surface area contributed by atoms with E-state index in [1.165, 1.54) is 6.07 Å². The molecule has 0 bridgehead atoms. The van der Waals surface area contributed by atoms with E-state index < -0.39 is 22.5 Å². The van der Waals surface area contributed by atoms with E-state index in [0.29, 0.717) is 5.89 Å². The van der Waals surface area contributed by atoms with Gasteiger partial charge in [-0.2, -0.15) is 4.72 Å². The lowest BCUT2D eigenvalue weighted by atomic mass is 10.1. The second kappa shape index (κ2) is 6.88. The Morgan fingerprint density at radius 3 is 2.57 bits per heavy atom. The van der Waals surface area contributed by atoms with Crippen molar-refractivity contribution in [1.29, 1.82) is 0 Å². The summed E-state index contributed by atoms with van der Waals surface area (Å²) in [6, 6.07) is 4.74. The molecule has 8 nitrogen and oxygen atoms in total. The molecule has 9 heteroatoms. The Kier molecular flexibility index (Phi) is 5.12. The van der Waals surface area contributed by atoms with Crippen LogP contribution in [-0.4, -0.2) is 31.1 Å². The number of nitrogens with one attached hydrogen (secondary N) is 1.